The van der Waals surface area contributed by atoms with E-state index >= 15 is 0 Å². The zero-order chi connectivity index (χ0) is 20.6. The Kier molecular flexibility index (Phi) is 6.00. The molecule has 1 fully saturated rings. The van der Waals surface area contributed by atoms with Crippen LogP contribution in [0.25, 0.3) is 0 Å². The fourth-order valence-corrected chi connectivity index (χ4v) is 3.22. The fraction of sp³-hybridized carbons (Fsp3) is 0.588. The van der Waals surface area contributed by atoms with E-state index in [9.17, 15) is 26.7 Å². The van der Waals surface area contributed by atoms with E-state index in [1.165, 1.54) is 14.0 Å². The maximum absolute atomic E-state index is 14.3. The van der Waals surface area contributed by atoms with E-state index < -0.39 is 53.0 Å². The Bertz CT molecular complexity index is 711. The van der Waals surface area contributed by atoms with Gasteiger partial charge in [-0.2, -0.15) is 17.6 Å². The lowest BCUT2D eigenvalue weighted by atomic mass is 9.77. The molecule has 0 radical (unpaired) electrons. The largest absolute Gasteiger partial charge is 0.488 e. The lowest BCUT2D eigenvalue weighted by molar-refractivity contribution is -0.272. The Morgan fingerprint density at radius 3 is 2.44 bits per heavy atom. The van der Waals surface area contributed by atoms with Crippen molar-refractivity contribution in [2.45, 2.75) is 37.6 Å². The van der Waals surface area contributed by atoms with Gasteiger partial charge in [0.2, 0.25) is 11.7 Å². The molecule has 5 nitrogen and oxygen atoms in total. The van der Waals surface area contributed by atoms with Gasteiger partial charge < -0.3 is 19.9 Å². The molecule has 2 N–H and O–H groups in total. The zero-order valence-corrected chi connectivity index (χ0v) is 14.9. The average molecular weight is 397 g/mol. The number of rotatable bonds is 6. The molecule has 152 valence electrons. The van der Waals surface area contributed by atoms with Crippen molar-refractivity contribution >= 4 is 5.91 Å². The summed E-state index contributed by atoms with van der Waals surface area (Å²) in [4.78, 5) is 11.8. The number of halogens is 5. The van der Waals surface area contributed by atoms with Gasteiger partial charge in [0.1, 0.15) is 12.7 Å². The van der Waals surface area contributed by atoms with Crippen molar-refractivity contribution in [1.29, 1.82) is 0 Å². The third-order valence-electron chi connectivity index (χ3n) is 4.92. The second kappa shape index (κ2) is 7.59. The van der Waals surface area contributed by atoms with Crippen molar-refractivity contribution in [2.24, 2.45) is 11.7 Å². The number of carbonyl (C=O) groups excluding carboxylic acids is 1. The van der Waals surface area contributed by atoms with Gasteiger partial charge in [0, 0.05) is 24.5 Å². The van der Waals surface area contributed by atoms with E-state index in [0.717, 1.165) is 19.1 Å². The van der Waals surface area contributed by atoms with Gasteiger partial charge in [0.25, 0.3) is 0 Å². The van der Waals surface area contributed by atoms with Crippen molar-refractivity contribution in [2.75, 3.05) is 20.3 Å². The van der Waals surface area contributed by atoms with E-state index in [-0.39, 0.29) is 18.8 Å². The number of benzene rings is 1. The van der Waals surface area contributed by atoms with Crippen LogP contribution in [-0.2, 0) is 14.3 Å². The summed E-state index contributed by atoms with van der Waals surface area (Å²) in [5.41, 5.74) is 2.40. The van der Waals surface area contributed by atoms with Crippen LogP contribution in [0.1, 0.15) is 25.3 Å². The minimum absolute atomic E-state index is 0.0334. The summed E-state index contributed by atoms with van der Waals surface area (Å²) in [6, 6.07) is 1.82. The highest BCUT2D eigenvalue weighted by Crippen LogP contribution is 2.54. The maximum Gasteiger partial charge on any atom is 0.417 e. The molecular weight excluding hydrogens is 377 g/mol. The van der Waals surface area contributed by atoms with Crippen LogP contribution in [-0.4, -0.2) is 44.1 Å². The van der Waals surface area contributed by atoms with Gasteiger partial charge in [-0.05, 0) is 13.0 Å². The van der Waals surface area contributed by atoms with Crippen LogP contribution in [0.5, 0.6) is 5.75 Å². The third kappa shape index (κ3) is 3.73. The number of hydrogen-bond acceptors (Lipinski definition) is 4. The molecule has 1 heterocycles. The predicted molar refractivity (Wildman–Crippen MR) is 84.2 cm³/mol. The molecule has 0 aromatic heterocycles. The first kappa shape index (κ1) is 21.4. The summed E-state index contributed by atoms with van der Waals surface area (Å²) in [7, 11) is 1.36. The fourth-order valence-electron chi connectivity index (χ4n) is 3.22. The SMILES string of the molecule is COCCOc1c([C@H]2[C@H](C(N)=O)O[C@@](C)(C(F)(F)F)[C@H]2C)ccc(F)c1F. The quantitative estimate of drug-likeness (QED) is 0.592. The second-order valence-corrected chi connectivity index (χ2v) is 6.48. The Morgan fingerprint density at radius 1 is 1.30 bits per heavy atom. The van der Waals surface area contributed by atoms with E-state index in [1.54, 1.807) is 0 Å². The van der Waals surface area contributed by atoms with Gasteiger partial charge in [0.15, 0.2) is 17.2 Å². The average Bonchev–Trinajstić information content (AvgIpc) is 2.85. The van der Waals surface area contributed by atoms with Crippen LogP contribution in [0.4, 0.5) is 22.0 Å². The molecule has 1 aliphatic heterocycles. The number of ether oxygens (including phenoxy) is 3. The molecule has 0 bridgehead atoms. The lowest BCUT2D eigenvalue weighted by Crippen LogP contribution is -2.47. The molecule has 0 aliphatic carbocycles. The normalized spacial score (nSPS) is 28.4. The zero-order valence-electron chi connectivity index (χ0n) is 14.9. The summed E-state index contributed by atoms with van der Waals surface area (Å²) in [5.74, 6) is -6.98. The molecule has 1 amide bonds. The number of carbonyl (C=O) groups is 1. The molecule has 27 heavy (non-hydrogen) atoms. The molecule has 1 aliphatic rings. The van der Waals surface area contributed by atoms with Gasteiger partial charge in [-0.15, -0.1) is 0 Å². The molecule has 0 unspecified atom stereocenters. The van der Waals surface area contributed by atoms with Crippen LogP contribution in [0.2, 0.25) is 0 Å². The number of nitrogens with two attached hydrogens (primary N) is 1. The number of alkyl halides is 3. The molecule has 1 aromatic carbocycles. The summed E-state index contributed by atoms with van der Waals surface area (Å²) >= 11 is 0. The summed E-state index contributed by atoms with van der Waals surface area (Å²) < 4.78 is 83.6. The third-order valence-corrected chi connectivity index (χ3v) is 4.92. The molecule has 1 saturated heterocycles. The van der Waals surface area contributed by atoms with Gasteiger partial charge in [-0.25, -0.2) is 4.39 Å². The van der Waals surface area contributed by atoms with Crippen LogP contribution >= 0.6 is 0 Å². The van der Waals surface area contributed by atoms with E-state index in [2.05, 4.69) is 0 Å². The number of hydrogen-bond donors (Lipinski definition) is 1. The molecule has 10 heteroatoms. The van der Waals surface area contributed by atoms with Gasteiger partial charge in [0.05, 0.1) is 6.61 Å². The van der Waals surface area contributed by atoms with Crippen LogP contribution in [0.3, 0.4) is 0 Å². The van der Waals surface area contributed by atoms with E-state index in [0.29, 0.717) is 0 Å². The Hall–Kier alpha value is -1.94. The monoisotopic (exact) mass is 397 g/mol. The first-order valence-electron chi connectivity index (χ1n) is 8.09. The molecule has 0 saturated carbocycles. The van der Waals surface area contributed by atoms with Crippen LogP contribution in [0, 0.1) is 17.6 Å². The van der Waals surface area contributed by atoms with Crippen molar-refractivity contribution in [3.63, 3.8) is 0 Å². The highest BCUT2D eigenvalue weighted by atomic mass is 19.4. The number of amides is 1. The van der Waals surface area contributed by atoms with Crippen molar-refractivity contribution in [3.8, 4) is 5.75 Å². The Balaban J connectivity index is 2.57. The van der Waals surface area contributed by atoms with E-state index in [4.69, 9.17) is 19.9 Å². The molecule has 4 atom stereocenters. The molecule has 1 aromatic rings. The summed E-state index contributed by atoms with van der Waals surface area (Å²) in [5, 5.41) is 0. The van der Waals surface area contributed by atoms with Crippen molar-refractivity contribution in [1.82, 2.24) is 0 Å². The molecule has 2 rings (SSSR count). The maximum atomic E-state index is 14.3. The standard InChI is InChI=1S/C17H20F5NO4/c1-8-11(14(15(23)24)27-16(8,2)17(20,21)22)9-4-5-10(18)12(19)13(9)26-7-6-25-3/h4-5,8,11,14H,6-7H2,1-3H3,(H2,23,24)/t8-,11-,14+,16+/m0/s1. The minimum atomic E-state index is -4.81. The number of primary amides is 1. The summed E-state index contributed by atoms with van der Waals surface area (Å²) in [6.07, 6.45) is -6.51. The van der Waals surface area contributed by atoms with Crippen molar-refractivity contribution in [3.05, 3.63) is 29.3 Å². The first-order valence-corrected chi connectivity index (χ1v) is 8.09. The predicted octanol–water partition coefficient (Wildman–Crippen LogP) is 2.91. The number of methoxy groups -OCH3 is 1. The van der Waals surface area contributed by atoms with Gasteiger partial charge in [-0.1, -0.05) is 13.0 Å². The Morgan fingerprint density at radius 2 is 1.93 bits per heavy atom. The Labute approximate surface area is 152 Å². The minimum Gasteiger partial charge on any atom is -0.488 e. The topological polar surface area (TPSA) is 70.8 Å². The van der Waals surface area contributed by atoms with Gasteiger partial charge in [-0.3, -0.25) is 4.79 Å². The highest BCUT2D eigenvalue weighted by Gasteiger charge is 2.65. The first-order chi connectivity index (χ1) is 12.5. The van der Waals surface area contributed by atoms with E-state index in [1.807, 2.05) is 0 Å². The highest BCUT2D eigenvalue weighted by molar-refractivity contribution is 5.81. The summed E-state index contributed by atoms with van der Waals surface area (Å²) in [6.45, 7) is 1.86. The second-order valence-electron chi connectivity index (χ2n) is 6.48. The smallest absolute Gasteiger partial charge is 0.417 e. The lowest BCUT2D eigenvalue weighted by Gasteiger charge is -2.32. The van der Waals surface area contributed by atoms with Crippen LogP contribution < -0.4 is 10.5 Å². The van der Waals surface area contributed by atoms with Crippen LogP contribution in [0.15, 0.2) is 12.1 Å². The van der Waals surface area contributed by atoms with Crippen molar-refractivity contribution < 1.29 is 41.0 Å². The molecular formula is C17H20F5NO4. The molecule has 0 spiro atoms. The van der Waals surface area contributed by atoms with Gasteiger partial charge >= 0.3 is 6.18 Å².